The minimum atomic E-state index is 0. The van der Waals surface area contributed by atoms with Gasteiger partial charge in [-0.1, -0.05) is 6.07 Å². The summed E-state index contributed by atoms with van der Waals surface area (Å²) in [5.41, 5.74) is 5.57. The minimum Gasteiger partial charge on any atom is -0.374 e. The lowest BCUT2D eigenvalue weighted by molar-refractivity contribution is -0.124. The van der Waals surface area contributed by atoms with E-state index in [1.807, 2.05) is 17.5 Å². The number of halogens is 1. The van der Waals surface area contributed by atoms with E-state index in [0.717, 1.165) is 13.1 Å². The smallest absolute Gasteiger partial charge is 0.234 e. The summed E-state index contributed by atoms with van der Waals surface area (Å²) in [6, 6.07) is 4.00. The molecule has 5 nitrogen and oxygen atoms in total. The highest BCUT2D eigenvalue weighted by atomic mass is 35.5. The molecule has 1 amide bonds. The van der Waals surface area contributed by atoms with Crippen molar-refractivity contribution in [3.05, 3.63) is 22.4 Å². The van der Waals surface area contributed by atoms with Gasteiger partial charge in [-0.05, 0) is 11.4 Å². The Balaban J connectivity index is 0.00000180. The molecule has 0 radical (unpaired) electrons. The van der Waals surface area contributed by atoms with E-state index in [1.54, 1.807) is 11.3 Å². The number of carbonyl (C=O) groups excluding carboxylic acids is 1. The fraction of sp³-hybridized carbons (Fsp3) is 0.583. The number of nitrogens with one attached hydrogen (secondary N) is 1. The Morgan fingerprint density at radius 3 is 3.16 bits per heavy atom. The predicted octanol–water partition coefficient (Wildman–Crippen LogP) is 0.446. The third-order valence-electron chi connectivity index (χ3n) is 2.89. The molecule has 1 aromatic rings. The van der Waals surface area contributed by atoms with Crippen molar-refractivity contribution in [2.45, 2.75) is 12.6 Å². The molecular formula is C12H20ClN3O2S. The quantitative estimate of drug-likeness (QED) is 0.829. The lowest BCUT2D eigenvalue weighted by Gasteiger charge is -2.31. The van der Waals surface area contributed by atoms with Crippen LogP contribution in [0, 0.1) is 0 Å². The largest absolute Gasteiger partial charge is 0.374 e. The molecule has 0 bridgehead atoms. The molecule has 7 heteroatoms. The molecule has 3 N–H and O–H groups in total. The molecule has 1 aliphatic rings. The molecular weight excluding hydrogens is 286 g/mol. The summed E-state index contributed by atoms with van der Waals surface area (Å²) in [5.74, 6) is 0.0565. The average Bonchev–Trinajstić information content (AvgIpc) is 2.90. The van der Waals surface area contributed by atoms with Gasteiger partial charge in [0.05, 0.1) is 25.8 Å². The number of hydrogen-bond acceptors (Lipinski definition) is 5. The fourth-order valence-electron chi connectivity index (χ4n) is 1.92. The van der Waals surface area contributed by atoms with Crippen molar-refractivity contribution in [3.8, 4) is 0 Å². The Labute approximate surface area is 123 Å². The molecule has 2 heterocycles. The average molecular weight is 306 g/mol. The number of nitrogens with two attached hydrogens (primary N) is 1. The zero-order valence-corrected chi connectivity index (χ0v) is 12.3. The zero-order chi connectivity index (χ0) is 12.8. The Morgan fingerprint density at radius 1 is 1.63 bits per heavy atom. The molecule has 0 aliphatic carbocycles. The molecule has 1 aliphatic heterocycles. The van der Waals surface area contributed by atoms with Crippen LogP contribution < -0.4 is 11.1 Å². The normalized spacial score (nSPS) is 19.7. The Hall–Kier alpha value is -0.660. The van der Waals surface area contributed by atoms with Crippen LogP contribution in [0.4, 0.5) is 0 Å². The molecule has 0 saturated carbocycles. The molecule has 1 atom stereocenters. The monoisotopic (exact) mass is 305 g/mol. The van der Waals surface area contributed by atoms with Gasteiger partial charge >= 0.3 is 0 Å². The first-order valence-electron chi connectivity index (χ1n) is 6.11. The topological polar surface area (TPSA) is 67.6 Å². The molecule has 0 aromatic carbocycles. The number of amides is 1. The van der Waals surface area contributed by atoms with Gasteiger partial charge in [-0.25, -0.2) is 0 Å². The SMILES string of the molecule is Cl.NCC1CN(CC(=O)NCc2cccs2)CCO1. The molecule has 108 valence electrons. The number of carbonyl (C=O) groups is 1. The van der Waals surface area contributed by atoms with Crippen molar-refractivity contribution in [1.82, 2.24) is 10.2 Å². The van der Waals surface area contributed by atoms with Crippen molar-refractivity contribution in [2.75, 3.05) is 32.8 Å². The van der Waals surface area contributed by atoms with Crippen LogP contribution in [0.15, 0.2) is 17.5 Å². The van der Waals surface area contributed by atoms with E-state index in [4.69, 9.17) is 10.5 Å². The Morgan fingerprint density at radius 2 is 2.47 bits per heavy atom. The maximum absolute atomic E-state index is 11.8. The van der Waals surface area contributed by atoms with Gasteiger partial charge in [-0.15, -0.1) is 23.7 Å². The summed E-state index contributed by atoms with van der Waals surface area (Å²) < 4.78 is 5.46. The van der Waals surface area contributed by atoms with Gasteiger partial charge in [-0.2, -0.15) is 0 Å². The van der Waals surface area contributed by atoms with Crippen LogP contribution in [0.3, 0.4) is 0 Å². The number of ether oxygens (including phenoxy) is 1. The summed E-state index contributed by atoms with van der Waals surface area (Å²) >= 11 is 1.65. The molecule has 19 heavy (non-hydrogen) atoms. The maximum atomic E-state index is 11.8. The second-order valence-electron chi connectivity index (χ2n) is 4.32. The second kappa shape index (κ2) is 8.50. The lowest BCUT2D eigenvalue weighted by atomic mass is 10.2. The van der Waals surface area contributed by atoms with Crippen molar-refractivity contribution in [1.29, 1.82) is 0 Å². The number of morpholine rings is 1. The van der Waals surface area contributed by atoms with E-state index >= 15 is 0 Å². The summed E-state index contributed by atoms with van der Waals surface area (Å²) in [5, 5.41) is 4.93. The first-order valence-corrected chi connectivity index (χ1v) is 6.99. The zero-order valence-electron chi connectivity index (χ0n) is 10.7. The minimum absolute atomic E-state index is 0. The maximum Gasteiger partial charge on any atom is 0.234 e. The predicted molar refractivity (Wildman–Crippen MR) is 78.6 cm³/mol. The number of thiophene rings is 1. The van der Waals surface area contributed by atoms with Gasteiger partial charge in [0.2, 0.25) is 5.91 Å². The highest BCUT2D eigenvalue weighted by Gasteiger charge is 2.20. The molecule has 1 unspecified atom stereocenters. The molecule has 1 fully saturated rings. The van der Waals surface area contributed by atoms with E-state index in [-0.39, 0.29) is 24.4 Å². The fourth-order valence-corrected chi connectivity index (χ4v) is 2.57. The number of hydrogen-bond donors (Lipinski definition) is 2. The van der Waals surface area contributed by atoms with Crippen LogP contribution in [-0.2, 0) is 16.1 Å². The van der Waals surface area contributed by atoms with Crippen LogP contribution in [0.1, 0.15) is 4.88 Å². The second-order valence-corrected chi connectivity index (χ2v) is 5.35. The molecule has 2 rings (SSSR count). The number of nitrogens with zero attached hydrogens (tertiary/aromatic N) is 1. The highest BCUT2D eigenvalue weighted by molar-refractivity contribution is 7.09. The van der Waals surface area contributed by atoms with E-state index in [9.17, 15) is 4.79 Å². The van der Waals surface area contributed by atoms with Crippen LogP contribution in [0.25, 0.3) is 0 Å². The molecule has 1 aromatic heterocycles. The van der Waals surface area contributed by atoms with Gasteiger partial charge in [0, 0.05) is 24.5 Å². The van der Waals surface area contributed by atoms with Gasteiger partial charge < -0.3 is 15.8 Å². The molecule has 0 spiro atoms. The molecule has 1 saturated heterocycles. The highest BCUT2D eigenvalue weighted by Crippen LogP contribution is 2.07. The van der Waals surface area contributed by atoms with Gasteiger partial charge in [-0.3, -0.25) is 9.69 Å². The summed E-state index contributed by atoms with van der Waals surface area (Å²) in [6.45, 7) is 3.73. The van der Waals surface area contributed by atoms with Crippen LogP contribution in [0.2, 0.25) is 0 Å². The number of rotatable bonds is 5. The Bertz CT molecular complexity index is 375. The van der Waals surface area contributed by atoms with E-state index in [0.29, 0.717) is 26.2 Å². The van der Waals surface area contributed by atoms with Gasteiger partial charge in [0.15, 0.2) is 0 Å². The third-order valence-corrected chi connectivity index (χ3v) is 3.77. The third kappa shape index (κ3) is 5.46. The van der Waals surface area contributed by atoms with Gasteiger partial charge in [0.25, 0.3) is 0 Å². The summed E-state index contributed by atoms with van der Waals surface area (Å²) in [6.07, 6.45) is 0.0591. The van der Waals surface area contributed by atoms with E-state index < -0.39 is 0 Å². The Kier molecular flexibility index (Phi) is 7.33. The van der Waals surface area contributed by atoms with Crippen LogP contribution in [0.5, 0.6) is 0 Å². The first-order chi connectivity index (χ1) is 8.78. The first kappa shape index (κ1) is 16.4. The summed E-state index contributed by atoms with van der Waals surface area (Å²) in [7, 11) is 0. The van der Waals surface area contributed by atoms with E-state index in [2.05, 4.69) is 10.2 Å². The lowest BCUT2D eigenvalue weighted by Crippen LogP contribution is -2.48. The van der Waals surface area contributed by atoms with E-state index in [1.165, 1.54) is 4.88 Å². The van der Waals surface area contributed by atoms with Crippen molar-refractivity contribution in [3.63, 3.8) is 0 Å². The van der Waals surface area contributed by atoms with Crippen molar-refractivity contribution < 1.29 is 9.53 Å². The van der Waals surface area contributed by atoms with Crippen LogP contribution in [-0.4, -0.2) is 49.7 Å². The summed E-state index contributed by atoms with van der Waals surface area (Å²) in [4.78, 5) is 15.0. The van der Waals surface area contributed by atoms with Crippen molar-refractivity contribution >= 4 is 29.7 Å². The van der Waals surface area contributed by atoms with Crippen LogP contribution >= 0.6 is 23.7 Å². The van der Waals surface area contributed by atoms with Crippen molar-refractivity contribution in [2.24, 2.45) is 5.73 Å². The standard InChI is InChI=1S/C12H19N3O2S.ClH/c13-6-10-8-15(3-4-17-10)9-12(16)14-7-11-2-1-5-18-11;/h1-2,5,10H,3-4,6-9,13H2,(H,14,16);1H. The van der Waals surface area contributed by atoms with Gasteiger partial charge in [0.1, 0.15) is 0 Å².